The molecule has 1 aromatic heterocycles. The Hall–Kier alpha value is -1.16. The molecule has 20 heavy (non-hydrogen) atoms. The van der Waals surface area contributed by atoms with Crippen LogP contribution in [-0.2, 0) is 0 Å². The Bertz CT molecular complexity index is 491. The lowest BCUT2D eigenvalue weighted by molar-refractivity contribution is 0.548. The molecular weight excluding hydrogens is 266 g/mol. The predicted molar refractivity (Wildman–Crippen MR) is 89.5 cm³/mol. The quantitative estimate of drug-likeness (QED) is 0.684. The minimum atomic E-state index is 0.450. The van der Waals surface area contributed by atoms with Crippen LogP contribution >= 0.6 is 12.2 Å². The van der Waals surface area contributed by atoms with E-state index in [1.807, 2.05) is 6.92 Å². The molecule has 3 nitrogen and oxygen atoms in total. The minimum absolute atomic E-state index is 0.450. The maximum absolute atomic E-state index is 5.93. The van der Waals surface area contributed by atoms with Gasteiger partial charge < -0.3 is 10.6 Å². The lowest BCUT2D eigenvalue weighted by atomic mass is 10.0. The Morgan fingerprint density at radius 3 is 2.40 bits per heavy atom. The van der Waals surface area contributed by atoms with Crippen LogP contribution in [0.5, 0.6) is 0 Å². The fourth-order valence-electron chi connectivity index (χ4n) is 3.19. The van der Waals surface area contributed by atoms with Crippen molar-refractivity contribution in [2.75, 3.05) is 11.9 Å². The summed E-state index contributed by atoms with van der Waals surface area (Å²) < 4.78 is 0. The van der Waals surface area contributed by atoms with E-state index in [-0.39, 0.29) is 0 Å². The molecule has 0 atom stereocenters. The average Bonchev–Trinajstić information content (AvgIpc) is 2.65. The molecule has 0 aliphatic heterocycles. The third-order valence-electron chi connectivity index (χ3n) is 4.28. The highest BCUT2D eigenvalue weighted by Crippen LogP contribution is 2.28. The molecule has 0 unspecified atom stereocenters. The molecule has 1 aliphatic rings. The van der Waals surface area contributed by atoms with Gasteiger partial charge >= 0.3 is 0 Å². The monoisotopic (exact) mass is 291 g/mol. The molecule has 0 spiro atoms. The van der Waals surface area contributed by atoms with Crippen LogP contribution in [0.3, 0.4) is 0 Å². The van der Waals surface area contributed by atoms with E-state index in [2.05, 4.69) is 24.9 Å². The molecular formula is C16H25N3S. The molecule has 110 valence electrons. The third kappa shape index (κ3) is 3.29. The number of aryl methyl sites for hydroxylation is 2. The van der Waals surface area contributed by atoms with E-state index in [0.717, 1.165) is 22.6 Å². The van der Waals surface area contributed by atoms with Crippen molar-refractivity contribution in [3.63, 3.8) is 0 Å². The summed E-state index contributed by atoms with van der Waals surface area (Å²) in [4.78, 5) is 7.47. The predicted octanol–water partition coefficient (Wildman–Crippen LogP) is 3.49. The van der Waals surface area contributed by atoms with Gasteiger partial charge in [-0.05, 0) is 38.3 Å². The number of anilines is 1. The molecule has 0 amide bonds. The maximum Gasteiger partial charge on any atom is 0.139 e. The fraction of sp³-hybridized carbons (Fsp3) is 0.625. The number of hydrogen-bond acceptors (Lipinski definition) is 3. The zero-order valence-electron chi connectivity index (χ0n) is 12.8. The van der Waals surface area contributed by atoms with Gasteiger partial charge in [0.05, 0.1) is 5.56 Å². The lowest BCUT2D eigenvalue weighted by Gasteiger charge is -2.30. The SMILES string of the molecule is Cc1cc(C)c(C(N)=S)c(N(C)C2CCCCCC2)n1. The van der Waals surface area contributed by atoms with Gasteiger partial charge in [-0.3, -0.25) is 0 Å². The van der Waals surface area contributed by atoms with Gasteiger partial charge in [0.15, 0.2) is 0 Å². The summed E-state index contributed by atoms with van der Waals surface area (Å²) in [6.45, 7) is 4.09. The van der Waals surface area contributed by atoms with Gasteiger partial charge in [-0.25, -0.2) is 4.98 Å². The zero-order valence-corrected chi connectivity index (χ0v) is 13.6. The van der Waals surface area contributed by atoms with E-state index in [4.69, 9.17) is 22.9 Å². The zero-order chi connectivity index (χ0) is 14.7. The summed E-state index contributed by atoms with van der Waals surface area (Å²) in [5, 5.41) is 0. The standard InChI is InChI=1S/C16H25N3S/c1-11-10-12(2)18-16(14(11)15(17)20)19(3)13-8-6-4-5-7-9-13/h10,13H,4-9H2,1-3H3,(H2,17,20). The molecule has 1 heterocycles. The number of aromatic nitrogens is 1. The highest BCUT2D eigenvalue weighted by Gasteiger charge is 2.22. The van der Waals surface area contributed by atoms with Crippen molar-refractivity contribution in [1.82, 2.24) is 4.98 Å². The number of rotatable bonds is 3. The van der Waals surface area contributed by atoms with Crippen LogP contribution in [0.1, 0.15) is 55.3 Å². The normalized spacial score (nSPS) is 16.8. The van der Waals surface area contributed by atoms with Crippen molar-refractivity contribution < 1.29 is 0 Å². The van der Waals surface area contributed by atoms with Crippen LogP contribution in [0.15, 0.2) is 6.07 Å². The van der Waals surface area contributed by atoms with Crippen LogP contribution in [0.2, 0.25) is 0 Å². The Balaban J connectivity index is 2.37. The van der Waals surface area contributed by atoms with Gasteiger partial charge in [0.25, 0.3) is 0 Å². The molecule has 0 aromatic carbocycles. The Morgan fingerprint density at radius 1 is 1.25 bits per heavy atom. The second-order valence-electron chi connectivity index (χ2n) is 5.90. The van der Waals surface area contributed by atoms with E-state index in [0.29, 0.717) is 11.0 Å². The van der Waals surface area contributed by atoms with Crippen LogP contribution < -0.4 is 10.6 Å². The van der Waals surface area contributed by atoms with E-state index >= 15 is 0 Å². The summed E-state index contributed by atoms with van der Waals surface area (Å²) in [5.74, 6) is 0.960. The van der Waals surface area contributed by atoms with Gasteiger partial charge in [-0.1, -0.05) is 37.9 Å². The molecule has 0 bridgehead atoms. The van der Waals surface area contributed by atoms with E-state index in [1.165, 1.54) is 38.5 Å². The largest absolute Gasteiger partial charge is 0.389 e. The smallest absolute Gasteiger partial charge is 0.139 e. The third-order valence-corrected chi connectivity index (χ3v) is 4.48. The molecule has 2 rings (SSSR count). The Labute approximate surface area is 127 Å². The first-order valence-corrected chi connectivity index (χ1v) is 7.92. The summed E-state index contributed by atoms with van der Waals surface area (Å²) in [6.07, 6.45) is 7.80. The summed E-state index contributed by atoms with van der Waals surface area (Å²) in [5.41, 5.74) is 9.02. The number of pyridine rings is 1. The molecule has 1 aromatic rings. The average molecular weight is 291 g/mol. The first-order valence-electron chi connectivity index (χ1n) is 7.51. The van der Waals surface area contributed by atoms with Crippen molar-refractivity contribution in [2.24, 2.45) is 5.73 Å². The summed E-state index contributed by atoms with van der Waals surface area (Å²) in [7, 11) is 2.14. The molecule has 4 heteroatoms. The molecule has 2 N–H and O–H groups in total. The number of hydrogen-bond donors (Lipinski definition) is 1. The van der Waals surface area contributed by atoms with Crippen molar-refractivity contribution in [2.45, 2.75) is 58.4 Å². The van der Waals surface area contributed by atoms with Crippen LogP contribution in [0, 0.1) is 13.8 Å². The van der Waals surface area contributed by atoms with Crippen molar-refractivity contribution in [3.8, 4) is 0 Å². The van der Waals surface area contributed by atoms with Gasteiger partial charge in [-0.15, -0.1) is 0 Å². The van der Waals surface area contributed by atoms with Crippen LogP contribution in [0.25, 0.3) is 0 Å². The van der Waals surface area contributed by atoms with Gasteiger partial charge in [0.2, 0.25) is 0 Å². The Kier molecular flexibility index (Phi) is 4.97. The Morgan fingerprint density at radius 2 is 1.85 bits per heavy atom. The highest BCUT2D eigenvalue weighted by molar-refractivity contribution is 7.80. The fourth-order valence-corrected chi connectivity index (χ4v) is 3.45. The number of nitrogens with zero attached hydrogens (tertiary/aromatic N) is 2. The van der Waals surface area contributed by atoms with Gasteiger partial charge in [-0.2, -0.15) is 0 Å². The van der Waals surface area contributed by atoms with Crippen LogP contribution in [-0.4, -0.2) is 23.1 Å². The topological polar surface area (TPSA) is 42.1 Å². The van der Waals surface area contributed by atoms with Crippen molar-refractivity contribution >= 4 is 23.0 Å². The van der Waals surface area contributed by atoms with E-state index in [1.54, 1.807) is 0 Å². The molecule has 0 radical (unpaired) electrons. The van der Waals surface area contributed by atoms with Gasteiger partial charge in [0.1, 0.15) is 10.8 Å². The van der Waals surface area contributed by atoms with E-state index < -0.39 is 0 Å². The summed E-state index contributed by atoms with van der Waals surface area (Å²) in [6, 6.07) is 2.61. The molecule has 1 saturated carbocycles. The molecule has 1 fully saturated rings. The number of thiocarbonyl (C=S) groups is 1. The first kappa shape index (κ1) is 15.2. The second-order valence-corrected chi connectivity index (χ2v) is 6.34. The highest BCUT2D eigenvalue weighted by atomic mass is 32.1. The lowest BCUT2D eigenvalue weighted by Crippen LogP contribution is -2.34. The second kappa shape index (κ2) is 6.53. The number of nitrogens with two attached hydrogens (primary N) is 1. The van der Waals surface area contributed by atoms with Crippen LogP contribution in [0.4, 0.5) is 5.82 Å². The summed E-state index contributed by atoms with van der Waals surface area (Å²) >= 11 is 5.24. The van der Waals surface area contributed by atoms with E-state index in [9.17, 15) is 0 Å². The molecule has 1 aliphatic carbocycles. The van der Waals surface area contributed by atoms with Crippen molar-refractivity contribution in [1.29, 1.82) is 0 Å². The van der Waals surface area contributed by atoms with Crippen molar-refractivity contribution in [3.05, 3.63) is 22.9 Å². The maximum atomic E-state index is 5.93. The van der Waals surface area contributed by atoms with Gasteiger partial charge in [0, 0.05) is 18.8 Å². The molecule has 0 saturated heterocycles. The minimum Gasteiger partial charge on any atom is -0.389 e. The first-order chi connectivity index (χ1) is 9.50.